The van der Waals surface area contributed by atoms with E-state index in [9.17, 15) is 4.79 Å². The molecule has 0 aliphatic heterocycles. The second-order valence-corrected chi connectivity index (χ2v) is 4.73. The van der Waals surface area contributed by atoms with E-state index in [2.05, 4.69) is 0 Å². The summed E-state index contributed by atoms with van der Waals surface area (Å²) in [5.41, 5.74) is 6.95. The molecule has 0 aliphatic carbocycles. The Hall–Kier alpha value is -1.00. The molecule has 2 unspecified atom stereocenters. The van der Waals surface area contributed by atoms with Gasteiger partial charge in [-0.25, -0.2) is 0 Å². The molecule has 2 atom stereocenters. The van der Waals surface area contributed by atoms with Gasteiger partial charge < -0.3 is 10.8 Å². The number of benzene rings is 1. The number of carboxylic acid groups (broad SMARTS) is 1. The standard InChI is InChI=1S/C12H17NO2S/c1-8(12(14)15)7-11(13)9-3-5-10(16-2)6-4-9/h3-6,8,11H,7,13H2,1-2H3,(H,14,15). The summed E-state index contributed by atoms with van der Waals surface area (Å²) in [4.78, 5) is 11.9. The van der Waals surface area contributed by atoms with Gasteiger partial charge >= 0.3 is 5.97 Å². The van der Waals surface area contributed by atoms with Gasteiger partial charge in [-0.2, -0.15) is 0 Å². The third-order valence-corrected chi connectivity index (χ3v) is 3.32. The average molecular weight is 239 g/mol. The molecule has 0 radical (unpaired) electrons. The lowest BCUT2D eigenvalue weighted by Gasteiger charge is -2.14. The number of nitrogens with two attached hydrogens (primary N) is 1. The van der Waals surface area contributed by atoms with Crippen molar-refractivity contribution in [2.75, 3.05) is 6.26 Å². The van der Waals surface area contributed by atoms with Gasteiger partial charge in [-0.3, -0.25) is 4.79 Å². The number of thioether (sulfide) groups is 1. The summed E-state index contributed by atoms with van der Waals surface area (Å²) in [5, 5.41) is 8.80. The highest BCUT2D eigenvalue weighted by molar-refractivity contribution is 7.98. The molecule has 0 bridgehead atoms. The Morgan fingerprint density at radius 2 is 2.00 bits per heavy atom. The van der Waals surface area contributed by atoms with Gasteiger partial charge in [-0.05, 0) is 30.4 Å². The quantitative estimate of drug-likeness (QED) is 0.775. The summed E-state index contributed by atoms with van der Waals surface area (Å²) in [6.07, 6.45) is 2.48. The zero-order valence-corrected chi connectivity index (χ0v) is 10.3. The fourth-order valence-corrected chi connectivity index (χ4v) is 1.88. The van der Waals surface area contributed by atoms with Crippen molar-refractivity contribution in [3.63, 3.8) is 0 Å². The molecule has 0 saturated heterocycles. The smallest absolute Gasteiger partial charge is 0.306 e. The highest BCUT2D eigenvalue weighted by Crippen LogP contribution is 2.22. The molecule has 0 aromatic heterocycles. The van der Waals surface area contributed by atoms with E-state index in [1.54, 1.807) is 18.7 Å². The molecule has 3 N–H and O–H groups in total. The van der Waals surface area contributed by atoms with Gasteiger partial charge in [0.15, 0.2) is 0 Å². The molecule has 3 nitrogen and oxygen atoms in total. The summed E-state index contributed by atoms with van der Waals surface area (Å²) in [6, 6.07) is 7.73. The Bertz CT molecular complexity index is 351. The first kappa shape index (κ1) is 13.1. The zero-order valence-electron chi connectivity index (χ0n) is 9.51. The van der Waals surface area contributed by atoms with Crippen molar-refractivity contribution in [1.29, 1.82) is 0 Å². The lowest BCUT2D eigenvalue weighted by molar-refractivity contribution is -0.141. The molecule has 4 heteroatoms. The molecule has 1 aromatic carbocycles. The number of rotatable bonds is 5. The number of aliphatic carboxylic acids is 1. The van der Waals surface area contributed by atoms with Crippen LogP contribution in [0.1, 0.15) is 24.9 Å². The third-order valence-electron chi connectivity index (χ3n) is 2.57. The predicted octanol–water partition coefficient (Wildman–Crippen LogP) is 2.52. The molecule has 1 rings (SSSR count). The summed E-state index contributed by atoms with van der Waals surface area (Å²) in [7, 11) is 0. The molecular formula is C12H17NO2S. The second kappa shape index (κ2) is 5.92. The van der Waals surface area contributed by atoms with Crippen LogP contribution in [0.4, 0.5) is 0 Å². The van der Waals surface area contributed by atoms with E-state index in [-0.39, 0.29) is 6.04 Å². The van der Waals surface area contributed by atoms with Crippen molar-refractivity contribution >= 4 is 17.7 Å². The normalized spacial score (nSPS) is 14.4. The SMILES string of the molecule is CSc1ccc(C(N)CC(C)C(=O)O)cc1. The van der Waals surface area contributed by atoms with Crippen LogP contribution in [0.3, 0.4) is 0 Å². The molecule has 0 spiro atoms. The fraction of sp³-hybridized carbons (Fsp3) is 0.417. The van der Waals surface area contributed by atoms with Crippen molar-refractivity contribution in [3.05, 3.63) is 29.8 Å². The maximum atomic E-state index is 10.7. The first-order valence-electron chi connectivity index (χ1n) is 5.17. The summed E-state index contributed by atoms with van der Waals surface area (Å²) < 4.78 is 0. The monoisotopic (exact) mass is 239 g/mol. The van der Waals surface area contributed by atoms with Gasteiger partial charge in [0.25, 0.3) is 0 Å². The minimum absolute atomic E-state index is 0.206. The maximum Gasteiger partial charge on any atom is 0.306 e. The summed E-state index contributed by atoms with van der Waals surface area (Å²) >= 11 is 1.67. The number of hydrogen-bond acceptors (Lipinski definition) is 3. The first-order chi connectivity index (χ1) is 7.54. The third kappa shape index (κ3) is 3.54. The van der Waals surface area contributed by atoms with Gasteiger partial charge in [-0.1, -0.05) is 19.1 Å². The molecule has 88 valence electrons. The second-order valence-electron chi connectivity index (χ2n) is 3.85. The lowest BCUT2D eigenvalue weighted by atomic mass is 9.97. The Balaban J connectivity index is 2.65. The van der Waals surface area contributed by atoms with Crippen LogP contribution in [0.2, 0.25) is 0 Å². The first-order valence-corrected chi connectivity index (χ1v) is 6.39. The number of carboxylic acids is 1. The predicted molar refractivity (Wildman–Crippen MR) is 66.6 cm³/mol. The molecule has 0 heterocycles. The highest BCUT2D eigenvalue weighted by atomic mass is 32.2. The summed E-state index contributed by atoms with van der Waals surface area (Å²) in [5.74, 6) is -1.20. The van der Waals surface area contributed by atoms with Gasteiger partial charge in [-0.15, -0.1) is 11.8 Å². The Kier molecular flexibility index (Phi) is 4.83. The van der Waals surface area contributed by atoms with Crippen LogP contribution in [-0.4, -0.2) is 17.3 Å². The number of carbonyl (C=O) groups is 1. The van der Waals surface area contributed by atoms with Gasteiger partial charge in [0.1, 0.15) is 0 Å². The van der Waals surface area contributed by atoms with Crippen LogP contribution in [0, 0.1) is 5.92 Å². The number of hydrogen-bond donors (Lipinski definition) is 2. The van der Waals surface area contributed by atoms with E-state index in [1.807, 2.05) is 30.5 Å². The van der Waals surface area contributed by atoms with Crippen molar-refractivity contribution in [2.45, 2.75) is 24.3 Å². The lowest BCUT2D eigenvalue weighted by Crippen LogP contribution is -2.19. The van der Waals surface area contributed by atoms with E-state index in [1.165, 1.54) is 4.90 Å². The van der Waals surface area contributed by atoms with Crippen molar-refractivity contribution in [2.24, 2.45) is 11.7 Å². The molecule has 0 aliphatic rings. The van der Waals surface area contributed by atoms with Crippen LogP contribution >= 0.6 is 11.8 Å². The van der Waals surface area contributed by atoms with E-state index in [0.29, 0.717) is 6.42 Å². The topological polar surface area (TPSA) is 63.3 Å². The average Bonchev–Trinajstić information content (AvgIpc) is 2.28. The van der Waals surface area contributed by atoms with Crippen LogP contribution in [-0.2, 0) is 4.79 Å². The molecule has 0 fully saturated rings. The molecule has 0 amide bonds. The largest absolute Gasteiger partial charge is 0.481 e. The van der Waals surface area contributed by atoms with E-state index >= 15 is 0 Å². The summed E-state index contributed by atoms with van der Waals surface area (Å²) in [6.45, 7) is 1.68. The van der Waals surface area contributed by atoms with Crippen LogP contribution in [0.5, 0.6) is 0 Å². The minimum atomic E-state index is -0.795. The fourth-order valence-electron chi connectivity index (χ4n) is 1.47. The van der Waals surface area contributed by atoms with Crippen LogP contribution < -0.4 is 5.73 Å². The van der Waals surface area contributed by atoms with Crippen molar-refractivity contribution in [1.82, 2.24) is 0 Å². The van der Waals surface area contributed by atoms with Crippen molar-refractivity contribution in [3.8, 4) is 0 Å². The molecule has 0 saturated carbocycles. The van der Waals surface area contributed by atoms with E-state index in [0.717, 1.165) is 5.56 Å². The van der Waals surface area contributed by atoms with Gasteiger partial charge in [0, 0.05) is 10.9 Å². The van der Waals surface area contributed by atoms with Gasteiger partial charge in [0.2, 0.25) is 0 Å². The van der Waals surface area contributed by atoms with Gasteiger partial charge in [0.05, 0.1) is 5.92 Å². The maximum absolute atomic E-state index is 10.7. The molecule has 16 heavy (non-hydrogen) atoms. The van der Waals surface area contributed by atoms with E-state index < -0.39 is 11.9 Å². The Morgan fingerprint density at radius 1 is 1.44 bits per heavy atom. The Labute approximate surface area is 100 Å². The highest BCUT2D eigenvalue weighted by Gasteiger charge is 2.16. The van der Waals surface area contributed by atoms with E-state index in [4.69, 9.17) is 10.8 Å². The zero-order chi connectivity index (χ0) is 12.1. The van der Waals surface area contributed by atoms with Crippen molar-refractivity contribution < 1.29 is 9.90 Å². The van der Waals surface area contributed by atoms with Crippen LogP contribution in [0.15, 0.2) is 29.2 Å². The van der Waals surface area contributed by atoms with Crippen LogP contribution in [0.25, 0.3) is 0 Å². The Morgan fingerprint density at radius 3 is 2.44 bits per heavy atom. The minimum Gasteiger partial charge on any atom is -0.481 e. The molecule has 1 aromatic rings. The molecular weight excluding hydrogens is 222 g/mol.